The van der Waals surface area contributed by atoms with Crippen molar-refractivity contribution in [1.82, 2.24) is 5.32 Å². The fourth-order valence-electron chi connectivity index (χ4n) is 1.56. The lowest BCUT2D eigenvalue weighted by Crippen LogP contribution is -2.35. The number of carbonyl (C=O) groups is 1. The first-order chi connectivity index (χ1) is 8.19. The molecule has 2 unspecified atom stereocenters. The molecule has 17 heavy (non-hydrogen) atoms. The topological polar surface area (TPSA) is 49.3 Å². The van der Waals surface area contributed by atoms with Gasteiger partial charge in [-0.15, -0.1) is 0 Å². The van der Waals surface area contributed by atoms with Crippen LogP contribution in [0.15, 0.2) is 30.3 Å². The smallest absolute Gasteiger partial charge is 0.224 e. The molecule has 94 valence electrons. The van der Waals surface area contributed by atoms with Gasteiger partial charge in [0.15, 0.2) is 0 Å². The maximum atomic E-state index is 11.8. The average molecular weight is 253 g/mol. The Hall–Kier alpha value is -1.00. The molecule has 0 saturated carbocycles. The van der Waals surface area contributed by atoms with Gasteiger partial charge >= 0.3 is 0 Å². The third kappa shape index (κ3) is 4.40. The van der Waals surface area contributed by atoms with Crippen LogP contribution in [0.1, 0.15) is 18.5 Å². The molecular formula is C13H19NO2S. The van der Waals surface area contributed by atoms with Gasteiger partial charge in [0.05, 0.1) is 12.6 Å². The molecule has 0 aliphatic rings. The molecule has 1 amide bonds. The van der Waals surface area contributed by atoms with Crippen molar-refractivity contribution < 1.29 is 9.90 Å². The highest BCUT2D eigenvalue weighted by Crippen LogP contribution is 2.13. The summed E-state index contributed by atoms with van der Waals surface area (Å²) in [6, 6.07) is 9.20. The fourth-order valence-corrected chi connectivity index (χ4v) is 2.21. The van der Waals surface area contributed by atoms with E-state index < -0.39 is 0 Å². The van der Waals surface area contributed by atoms with Gasteiger partial charge in [-0.25, -0.2) is 0 Å². The maximum Gasteiger partial charge on any atom is 0.224 e. The summed E-state index contributed by atoms with van der Waals surface area (Å²) in [5.41, 5.74) is 0.930. The third-order valence-electron chi connectivity index (χ3n) is 2.57. The molecule has 1 rings (SSSR count). The highest BCUT2D eigenvalue weighted by molar-refractivity contribution is 7.98. The molecule has 0 aliphatic heterocycles. The van der Waals surface area contributed by atoms with Crippen LogP contribution in [0.3, 0.4) is 0 Å². The first kappa shape index (κ1) is 14.1. The molecular weight excluding hydrogens is 234 g/mol. The Labute approximate surface area is 107 Å². The number of amides is 1. The Morgan fingerprint density at radius 3 is 2.59 bits per heavy atom. The molecule has 0 fully saturated rings. The standard InChI is InChI=1S/C13H19NO2S/c1-10(9-17-2)13(16)14-12(8-15)11-6-4-3-5-7-11/h3-7,10,12,15H,8-9H2,1-2H3,(H,14,16). The maximum absolute atomic E-state index is 11.8. The first-order valence-electron chi connectivity index (χ1n) is 5.64. The van der Waals surface area contributed by atoms with Gasteiger partial charge in [0.25, 0.3) is 0 Å². The predicted octanol–water partition coefficient (Wildman–Crippen LogP) is 1.84. The molecule has 0 aliphatic carbocycles. The number of aliphatic hydroxyl groups excluding tert-OH is 1. The molecule has 0 bridgehead atoms. The zero-order valence-electron chi connectivity index (χ0n) is 10.2. The summed E-state index contributed by atoms with van der Waals surface area (Å²) in [6.45, 7) is 1.81. The van der Waals surface area contributed by atoms with Crippen LogP contribution in [0, 0.1) is 5.92 Å². The number of carbonyl (C=O) groups excluding carboxylic acids is 1. The molecule has 1 aromatic carbocycles. The van der Waals surface area contributed by atoms with E-state index in [1.165, 1.54) is 0 Å². The molecule has 4 heteroatoms. The number of nitrogens with one attached hydrogen (secondary N) is 1. The SMILES string of the molecule is CSCC(C)C(=O)NC(CO)c1ccccc1. The van der Waals surface area contributed by atoms with Crippen molar-refractivity contribution in [2.45, 2.75) is 13.0 Å². The average Bonchev–Trinajstić information content (AvgIpc) is 2.37. The third-order valence-corrected chi connectivity index (χ3v) is 3.40. The number of rotatable bonds is 6. The number of hydrogen-bond donors (Lipinski definition) is 2. The molecule has 3 nitrogen and oxygen atoms in total. The first-order valence-corrected chi connectivity index (χ1v) is 7.03. The zero-order valence-corrected chi connectivity index (χ0v) is 11.0. The van der Waals surface area contributed by atoms with Gasteiger partial charge in [-0.05, 0) is 11.8 Å². The normalized spacial score (nSPS) is 14.1. The minimum absolute atomic E-state index is 0.0118. The van der Waals surface area contributed by atoms with Crippen LogP contribution in [0.5, 0.6) is 0 Å². The van der Waals surface area contributed by atoms with E-state index in [2.05, 4.69) is 5.32 Å². The highest BCUT2D eigenvalue weighted by Gasteiger charge is 2.17. The highest BCUT2D eigenvalue weighted by atomic mass is 32.2. The van der Waals surface area contributed by atoms with Crippen molar-refractivity contribution in [3.63, 3.8) is 0 Å². The van der Waals surface area contributed by atoms with Crippen LogP contribution in [-0.4, -0.2) is 29.6 Å². The quantitative estimate of drug-likeness (QED) is 0.813. The molecule has 1 aromatic rings. The van der Waals surface area contributed by atoms with Crippen LogP contribution in [0.25, 0.3) is 0 Å². The van der Waals surface area contributed by atoms with Crippen LogP contribution in [-0.2, 0) is 4.79 Å². The monoisotopic (exact) mass is 253 g/mol. The summed E-state index contributed by atoms with van der Waals surface area (Å²) in [7, 11) is 0. The van der Waals surface area contributed by atoms with E-state index in [0.717, 1.165) is 11.3 Å². The Balaban J connectivity index is 2.62. The van der Waals surface area contributed by atoms with E-state index in [4.69, 9.17) is 0 Å². The summed E-state index contributed by atoms with van der Waals surface area (Å²) < 4.78 is 0. The van der Waals surface area contributed by atoms with Crippen molar-refractivity contribution in [1.29, 1.82) is 0 Å². The van der Waals surface area contributed by atoms with Crippen molar-refractivity contribution >= 4 is 17.7 Å². The minimum atomic E-state index is -0.312. The largest absolute Gasteiger partial charge is 0.394 e. The fraction of sp³-hybridized carbons (Fsp3) is 0.462. The lowest BCUT2D eigenvalue weighted by molar-refractivity contribution is -0.124. The number of thioether (sulfide) groups is 1. The second kappa shape index (κ2) is 7.35. The molecule has 0 aromatic heterocycles. The van der Waals surface area contributed by atoms with E-state index in [-0.39, 0.29) is 24.5 Å². The second-order valence-corrected chi connectivity index (χ2v) is 4.92. The van der Waals surface area contributed by atoms with Crippen molar-refractivity contribution in [2.24, 2.45) is 5.92 Å². The van der Waals surface area contributed by atoms with Gasteiger partial charge < -0.3 is 10.4 Å². The molecule has 2 atom stereocenters. The summed E-state index contributed by atoms with van der Waals surface area (Å²) in [5, 5.41) is 12.2. The zero-order chi connectivity index (χ0) is 12.7. The molecule has 0 radical (unpaired) electrons. The number of hydrogen-bond acceptors (Lipinski definition) is 3. The Morgan fingerprint density at radius 2 is 2.06 bits per heavy atom. The van der Waals surface area contributed by atoms with Crippen molar-refractivity contribution in [2.75, 3.05) is 18.6 Å². The van der Waals surface area contributed by atoms with Gasteiger partial charge in [0.2, 0.25) is 5.91 Å². The van der Waals surface area contributed by atoms with Gasteiger partial charge in [0, 0.05) is 11.7 Å². The van der Waals surface area contributed by atoms with Gasteiger partial charge in [-0.2, -0.15) is 11.8 Å². The summed E-state index contributed by atoms with van der Waals surface area (Å²) in [4.78, 5) is 11.8. The van der Waals surface area contributed by atoms with Crippen LogP contribution in [0.2, 0.25) is 0 Å². The van der Waals surface area contributed by atoms with E-state index >= 15 is 0 Å². The minimum Gasteiger partial charge on any atom is -0.394 e. The van der Waals surface area contributed by atoms with Gasteiger partial charge in [0.1, 0.15) is 0 Å². The number of benzene rings is 1. The lowest BCUT2D eigenvalue weighted by Gasteiger charge is -2.19. The van der Waals surface area contributed by atoms with Gasteiger partial charge in [-0.1, -0.05) is 37.3 Å². The molecule has 0 heterocycles. The van der Waals surface area contributed by atoms with Crippen LogP contribution in [0.4, 0.5) is 0 Å². The van der Waals surface area contributed by atoms with Crippen molar-refractivity contribution in [3.05, 3.63) is 35.9 Å². The van der Waals surface area contributed by atoms with Crippen LogP contribution >= 0.6 is 11.8 Å². The summed E-state index contributed by atoms with van der Waals surface area (Å²) in [5.74, 6) is 0.740. The van der Waals surface area contributed by atoms with E-state index in [1.54, 1.807) is 11.8 Å². The predicted molar refractivity (Wildman–Crippen MR) is 72.0 cm³/mol. The second-order valence-electron chi connectivity index (χ2n) is 4.01. The Kier molecular flexibility index (Phi) is 6.08. The van der Waals surface area contributed by atoms with Crippen molar-refractivity contribution in [3.8, 4) is 0 Å². The van der Waals surface area contributed by atoms with Crippen LogP contribution < -0.4 is 5.32 Å². The van der Waals surface area contributed by atoms with E-state index in [9.17, 15) is 9.90 Å². The van der Waals surface area contributed by atoms with E-state index in [0.29, 0.717) is 0 Å². The molecule has 0 saturated heterocycles. The Morgan fingerprint density at radius 1 is 1.41 bits per heavy atom. The Bertz CT molecular complexity index is 343. The number of aliphatic hydroxyl groups is 1. The van der Waals surface area contributed by atoms with Gasteiger partial charge in [-0.3, -0.25) is 4.79 Å². The van der Waals surface area contributed by atoms with E-state index in [1.807, 2.05) is 43.5 Å². The molecule has 0 spiro atoms. The summed E-state index contributed by atoms with van der Waals surface area (Å²) >= 11 is 1.65. The molecule has 2 N–H and O–H groups in total. The lowest BCUT2D eigenvalue weighted by atomic mass is 10.1. The summed E-state index contributed by atoms with van der Waals surface area (Å²) in [6.07, 6.45) is 1.98.